The maximum Gasteiger partial charge on any atom is 0.254 e. The standard InChI is InChI=1S/C21H19NO2S/c23-21(22(18-8-9-18)14-16-12-13-25-15-16)17-6-10-20(11-7-17)24-19-4-2-1-3-5-19/h1-7,10-13,15,18H,8-9,14H2. The fraction of sp³-hybridized carbons (Fsp3) is 0.190. The Balaban J connectivity index is 1.47. The number of carbonyl (C=O) groups excluding carboxylic acids is 1. The molecule has 3 aromatic rings. The summed E-state index contributed by atoms with van der Waals surface area (Å²) in [5.41, 5.74) is 1.91. The van der Waals surface area contributed by atoms with Crippen LogP contribution in [0, 0.1) is 0 Å². The molecule has 0 N–H and O–H groups in total. The van der Waals surface area contributed by atoms with E-state index in [2.05, 4.69) is 16.8 Å². The molecule has 2 aromatic carbocycles. The fourth-order valence-corrected chi connectivity index (χ4v) is 3.45. The molecule has 0 bridgehead atoms. The first-order valence-electron chi connectivity index (χ1n) is 8.44. The predicted molar refractivity (Wildman–Crippen MR) is 100 cm³/mol. The third kappa shape index (κ3) is 3.91. The van der Waals surface area contributed by atoms with Crippen LogP contribution in [0.25, 0.3) is 0 Å². The van der Waals surface area contributed by atoms with Crippen molar-refractivity contribution in [2.75, 3.05) is 0 Å². The molecule has 1 saturated carbocycles. The summed E-state index contributed by atoms with van der Waals surface area (Å²) in [7, 11) is 0. The summed E-state index contributed by atoms with van der Waals surface area (Å²) in [6.07, 6.45) is 2.20. The second-order valence-electron chi connectivity index (χ2n) is 6.24. The number of para-hydroxylation sites is 1. The summed E-state index contributed by atoms with van der Waals surface area (Å²) in [6, 6.07) is 19.5. The summed E-state index contributed by atoms with van der Waals surface area (Å²) in [5, 5.41) is 4.17. The lowest BCUT2D eigenvalue weighted by molar-refractivity contribution is 0.0730. The molecule has 4 heteroatoms. The van der Waals surface area contributed by atoms with Crippen LogP contribution in [0.3, 0.4) is 0 Å². The molecule has 25 heavy (non-hydrogen) atoms. The third-order valence-corrected chi connectivity index (χ3v) is 4.99. The van der Waals surface area contributed by atoms with Gasteiger partial charge in [-0.2, -0.15) is 11.3 Å². The Labute approximate surface area is 151 Å². The third-order valence-electron chi connectivity index (χ3n) is 4.26. The highest BCUT2D eigenvalue weighted by Gasteiger charge is 2.33. The van der Waals surface area contributed by atoms with Gasteiger partial charge in [0.2, 0.25) is 0 Å². The maximum absolute atomic E-state index is 12.9. The molecule has 1 heterocycles. The fourth-order valence-electron chi connectivity index (χ4n) is 2.79. The van der Waals surface area contributed by atoms with Crippen molar-refractivity contribution in [1.82, 2.24) is 4.90 Å². The van der Waals surface area contributed by atoms with Crippen molar-refractivity contribution in [1.29, 1.82) is 0 Å². The molecule has 0 radical (unpaired) electrons. The monoisotopic (exact) mass is 349 g/mol. The molecule has 0 spiro atoms. The Hall–Kier alpha value is -2.59. The first-order chi connectivity index (χ1) is 12.3. The van der Waals surface area contributed by atoms with Crippen LogP contribution in [0.2, 0.25) is 0 Å². The van der Waals surface area contributed by atoms with E-state index in [0.29, 0.717) is 18.2 Å². The van der Waals surface area contributed by atoms with E-state index in [-0.39, 0.29) is 5.91 Å². The lowest BCUT2D eigenvalue weighted by Crippen LogP contribution is -2.32. The molecule has 0 atom stereocenters. The molecule has 126 valence electrons. The Morgan fingerprint density at radius 2 is 1.72 bits per heavy atom. The van der Waals surface area contributed by atoms with Gasteiger partial charge in [-0.3, -0.25) is 4.79 Å². The SMILES string of the molecule is O=C(c1ccc(Oc2ccccc2)cc1)N(Cc1ccsc1)C1CC1. The summed E-state index contributed by atoms with van der Waals surface area (Å²) < 4.78 is 5.80. The number of carbonyl (C=O) groups is 1. The molecule has 1 aliphatic carbocycles. The van der Waals surface area contributed by atoms with Crippen molar-refractivity contribution in [3.63, 3.8) is 0 Å². The van der Waals surface area contributed by atoms with Crippen LogP contribution < -0.4 is 4.74 Å². The molecular formula is C21H19NO2S. The second kappa shape index (κ2) is 7.11. The van der Waals surface area contributed by atoms with Crippen molar-refractivity contribution in [2.45, 2.75) is 25.4 Å². The van der Waals surface area contributed by atoms with Gasteiger partial charge in [-0.15, -0.1) is 0 Å². The second-order valence-corrected chi connectivity index (χ2v) is 7.02. The molecule has 3 nitrogen and oxygen atoms in total. The van der Waals surface area contributed by atoms with Gasteiger partial charge in [0.1, 0.15) is 11.5 Å². The summed E-state index contributed by atoms with van der Waals surface area (Å²) in [4.78, 5) is 14.9. The van der Waals surface area contributed by atoms with Gasteiger partial charge in [-0.1, -0.05) is 18.2 Å². The molecule has 1 aromatic heterocycles. The number of ether oxygens (including phenoxy) is 1. The summed E-state index contributed by atoms with van der Waals surface area (Å²) in [5.74, 6) is 1.62. The first-order valence-corrected chi connectivity index (χ1v) is 9.39. The van der Waals surface area contributed by atoms with Crippen LogP contribution in [-0.4, -0.2) is 16.8 Å². The van der Waals surface area contributed by atoms with Gasteiger partial charge in [0.05, 0.1) is 0 Å². The zero-order chi connectivity index (χ0) is 17.1. The Kier molecular flexibility index (Phi) is 4.53. The van der Waals surface area contributed by atoms with Gasteiger partial charge in [0.25, 0.3) is 5.91 Å². The van der Waals surface area contributed by atoms with Crippen LogP contribution in [0.15, 0.2) is 71.4 Å². The van der Waals surface area contributed by atoms with E-state index >= 15 is 0 Å². The lowest BCUT2D eigenvalue weighted by atomic mass is 10.1. The number of hydrogen-bond donors (Lipinski definition) is 0. The zero-order valence-electron chi connectivity index (χ0n) is 13.8. The molecule has 1 fully saturated rings. The highest BCUT2D eigenvalue weighted by molar-refractivity contribution is 7.07. The van der Waals surface area contributed by atoms with Crippen LogP contribution in [-0.2, 0) is 6.54 Å². The maximum atomic E-state index is 12.9. The number of rotatable bonds is 6. The van der Waals surface area contributed by atoms with E-state index in [1.54, 1.807) is 11.3 Å². The Bertz CT molecular complexity index is 824. The van der Waals surface area contributed by atoms with Gasteiger partial charge >= 0.3 is 0 Å². The number of benzene rings is 2. The molecule has 0 saturated heterocycles. The molecule has 4 rings (SSSR count). The average molecular weight is 349 g/mol. The minimum Gasteiger partial charge on any atom is -0.457 e. The smallest absolute Gasteiger partial charge is 0.254 e. The highest BCUT2D eigenvalue weighted by atomic mass is 32.1. The minimum absolute atomic E-state index is 0.0972. The molecule has 0 unspecified atom stereocenters. The number of nitrogens with zero attached hydrogens (tertiary/aromatic N) is 1. The zero-order valence-corrected chi connectivity index (χ0v) is 14.6. The quantitative estimate of drug-likeness (QED) is 0.601. The van der Waals surface area contributed by atoms with E-state index < -0.39 is 0 Å². The van der Waals surface area contributed by atoms with Crippen molar-refractivity contribution in [3.8, 4) is 11.5 Å². The largest absolute Gasteiger partial charge is 0.457 e. The first kappa shape index (κ1) is 15.9. The van der Waals surface area contributed by atoms with E-state index in [4.69, 9.17) is 4.74 Å². The van der Waals surface area contributed by atoms with Crippen molar-refractivity contribution >= 4 is 17.2 Å². The number of amides is 1. The van der Waals surface area contributed by atoms with Crippen LogP contribution in [0.1, 0.15) is 28.8 Å². The molecular weight excluding hydrogens is 330 g/mol. The Morgan fingerprint density at radius 3 is 2.36 bits per heavy atom. The van der Waals surface area contributed by atoms with Crippen LogP contribution in [0.5, 0.6) is 11.5 Å². The highest BCUT2D eigenvalue weighted by Crippen LogP contribution is 2.30. The van der Waals surface area contributed by atoms with E-state index in [0.717, 1.165) is 24.3 Å². The van der Waals surface area contributed by atoms with E-state index in [9.17, 15) is 4.79 Å². The van der Waals surface area contributed by atoms with Gasteiger partial charge in [-0.05, 0) is 71.6 Å². The van der Waals surface area contributed by atoms with Crippen molar-refractivity contribution < 1.29 is 9.53 Å². The van der Waals surface area contributed by atoms with Crippen LogP contribution in [0.4, 0.5) is 0 Å². The summed E-state index contributed by atoms with van der Waals surface area (Å²) in [6.45, 7) is 0.690. The number of hydrogen-bond acceptors (Lipinski definition) is 3. The van der Waals surface area contributed by atoms with Gasteiger partial charge < -0.3 is 9.64 Å². The minimum atomic E-state index is 0.0972. The average Bonchev–Trinajstić information content (AvgIpc) is 3.36. The van der Waals surface area contributed by atoms with Gasteiger partial charge in [0.15, 0.2) is 0 Å². The normalized spacial score (nSPS) is 13.4. The van der Waals surface area contributed by atoms with E-state index in [1.165, 1.54) is 5.56 Å². The Morgan fingerprint density at radius 1 is 1.00 bits per heavy atom. The van der Waals surface area contributed by atoms with Crippen molar-refractivity contribution in [3.05, 3.63) is 82.6 Å². The summed E-state index contributed by atoms with van der Waals surface area (Å²) >= 11 is 1.67. The van der Waals surface area contributed by atoms with E-state index in [1.807, 2.05) is 59.5 Å². The van der Waals surface area contributed by atoms with Crippen molar-refractivity contribution in [2.24, 2.45) is 0 Å². The molecule has 1 aliphatic rings. The molecule has 0 aliphatic heterocycles. The lowest BCUT2D eigenvalue weighted by Gasteiger charge is -2.22. The topological polar surface area (TPSA) is 29.5 Å². The van der Waals surface area contributed by atoms with Crippen LogP contribution >= 0.6 is 11.3 Å². The van der Waals surface area contributed by atoms with Gasteiger partial charge in [-0.25, -0.2) is 0 Å². The molecule has 1 amide bonds. The van der Waals surface area contributed by atoms with Gasteiger partial charge in [0, 0.05) is 18.2 Å². The predicted octanol–water partition coefficient (Wildman–Crippen LogP) is 5.35. The number of thiophene rings is 1.